The molecule has 1 fully saturated rings. The summed E-state index contributed by atoms with van der Waals surface area (Å²) in [4.78, 5) is 2.11. The molecule has 0 spiro atoms. The van der Waals surface area contributed by atoms with Crippen LogP contribution >= 0.6 is 11.8 Å². The van der Waals surface area contributed by atoms with Crippen molar-refractivity contribution in [2.45, 2.75) is 24.9 Å². The van der Waals surface area contributed by atoms with Crippen LogP contribution < -0.4 is 5.32 Å². The fraction of sp³-hybridized carbons (Fsp3) is 1.00. The quantitative estimate of drug-likeness (QED) is 0.814. The number of halogens is 3. The highest BCUT2D eigenvalue weighted by molar-refractivity contribution is 8.00. The molecule has 1 heterocycles. The van der Waals surface area contributed by atoms with Gasteiger partial charge in [0.2, 0.25) is 0 Å². The molecule has 0 amide bonds. The topological polar surface area (TPSA) is 15.3 Å². The highest BCUT2D eigenvalue weighted by Gasteiger charge is 2.32. The Morgan fingerprint density at radius 3 is 2.60 bits per heavy atom. The van der Waals surface area contributed by atoms with Gasteiger partial charge < -0.3 is 5.32 Å². The molecule has 2 nitrogen and oxygen atoms in total. The van der Waals surface area contributed by atoms with Crippen LogP contribution in [-0.4, -0.2) is 47.9 Å². The van der Waals surface area contributed by atoms with Gasteiger partial charge >= 0.3 is 5.51 Å². The summed E-state index contributed by atoms with van der Waals surface area (Å²) < 4.78 is 35.8. The van der Waals surface area contributed by atoms with Gasteiger partial charge in [0.1, 0.15) is 0 Å². The van der Waals surface area contributed by atoms with Gasteiger partial charge in [-0.3, -0.25) is 4.90 Å². The molecule has 0 aromatic carbocycles. The van der Waals surface area contributed by atoms with E-state index in [1.165, 1.54) is 0 Å². The summed E-state index contributed by atoms with van der Waals surface area (Å²) in [5.41, 5.74) is -4.14. The molecule has 0 atom stereocenters. The predicted molar refractivity (Wildman–Crippen MR) is 57.0 cm³/mol. The Hall–Kier alpha value is 0.0600. The van der Waals surface area contributed by atoms with E-state index < -0.39 is 5.51 Å². The molecule has 1 N–H and O–H groups in total. The number of nitrogens with one attached hydrogen (secondary N) is 1. The standard InChI is InChI=1S/C9H17F3N2S/c1-8(2)7-13-3-4-14(8)5-6-15-9(10,11)12/h13H,3-7H2,1-2H3. The Morgan fingerprint density at radius 2 is 2.07 bits per heavy atom. The van der Waals surface area contributed by atoms with Crippen molar-refractivity contribution in [1.82, 2.24) is 10.2 Å². The van der Waals surface area contributed by atoms with Crippen molar-refractivity contribution >= 4 is 11.8 Å². The van der Waals surface area contributed by atoms with Crippen LogP contribution in [0.2, 0.25) is 0 Å². The van der Waals surface area contributed by atoms with Gasteiger partial charge in [-0.1, -0.05) is 0 Å². The minimum Gasteiger partial charge on any atom is -0.314 e. The lowest BCUT2D eigenvalue weighted by Gasteiger charge is -2.42. The summed E-state index contributed by atoms with van der Waals surface area (Å²) in [5.74, 6) is 0.118. The fourth-order valence-corrected chi connectivity index (χ4v) is 2.25. The maximum absolute atomic E-state index is 11.9. The third-order valence-corrected chi connectivity index (χ3v) is 3.31. The van der Waals surface area contributed by atoms with Gasteiger partial charge in [0.15, 0.2) is 0 Å². The molecule has 0 bridgehead atoms. The van der Waals surface area contributed by atoms with Crippen molar-refractivity contribution in [2.24, 2.45) is 0 Å². The van der Waals surface area contributed by atoms with E-state index in [4.69, 9.17) is 0 Å². The van der Waals surface area contributed by atoms with E-state index in [-0.39, 0.29) is 23.1 Å². The van der Waals surface area contributed by atoms with Crippen LogP contribution in [0.15, 0.2) is 0 Å². The van der Waals surface area contributed by atoms with E-state index in [2.05, 4.69) is 24.1 Å². The summed E-state index contributed by atoms with van der Waals surface area (Å²) in [7, 11) is 0. The zero-order valence-corrected chi connectivity index (χ0v) is 9.84. The van der Waals surface area contributed by atoms with Crippen LogP contribution in [0.25, 0.3) is 0 Å². The van der Waals surface area contributed by atoms with Gasteiger partial charge in [-0.2, -0.15) is 13.2 Å². The number of rotatable bonds is 3. The van der Waals surface area contributed by atoms with Crippen molar-refractivity contribution in [2.75, 3.05) is 31.9 Å². The first-order chi connectivity index (χ1) is 6.81. The minimum absolute atomic E-state index is 0.0373. The Labute approximate surface area is 92.6 Å². The average Bonchev–Trinajstić information content (AvgIpc) is 2.05. The number of alkyl halides is 3. The predicted octanol–water partition coefficient (Wildman–Crippen LogP) is 1.92. The van der Waals surface area contributed by atoms with Gasteiger partial charge in [0, 0.05) is 37.5 Å². The van der Waals surface area contributed by atoms with E-state index in [0.717, 1.165) is 19.6 Å². The summed E-state index contributed by atoms with van der Waals surface area (Å²) in [6.45, 7) is 7.13. The zero-order chi connectivity index (χ0) is 11.5. The monoisotopic (exact) mass is 242 g/mol. The molecule has 1 rings (SSSR count). The molecule has 0 aromatic rings. The second-order valence-electron chi connectivity index (χ2n) is 4.27. The zero-order valence-electron chi connectivity index (χ0n) is 9.02. The van der Waals surface area contributed by atoms with E-state index >= 15 is 0 Å². The van der Waals surface area contributed by atoms with Crippen molar-refractivity contribution in [3.63, 3.8) is 0 Å². The van der Waals surface area contributed by atoms with E-state index in [1.807, 2.05) is 0 Å². The lowest BCUT2D eigenvalue weighted by Crippen LogP contribution is -2.58. The van der Waals surface area contributed by atoms with Gasteiger partial charge in [-0.25, -0.2) is 0 Å². The molecule has 0 saturated carbocycles. The maximum Gasteiger partial charge on any atom is 0.441 e. The highest BCUT2D eigenvalue weighted by atomic mass is 32.2. The van der Waals surface area contributed by atoms with Crippen molar-refractivity contribution in [1.29, 1.82) is 0 Å². The fourth-order valence-electron chi connectivity index (χ4n) is 1.71. The van der Waals surface area contributed by atoms with E-state index in [0.29, 0.717) is 6.54 Å². The molecule has 0 unspecified atom stereocenters. The van der Waals surface area contributed by atoms with E-state index in [1.54, 1.807) is 0 Å². The Kier molecular flexibility index (Phi) is 4.31. The normalized spacial score (nSPS) is 23.0. The third-order valence-electron chi connectivity index (χ3n) is 2.60. The summed E-state index contributed by atoms with van der Waals surface area (Å²) >= 11 is 0.0659. The smallest absolute Gasteiger partial charge is 0.314 e. The van der Waals surface area contributed by atoms with Crippen molar-refractivity contribution < 1.29 is 13.2 Å². The summed E-state index contributed by atoms with van der Waals surface area (Å²) in [6.07, 6.45) is 0. The largest absolute Gasteiger partial charge is 0.441 e. The minimum atomic E-state index is -4.10. The van der Waals surface area contributed by atoms with Gasteiger partial charge in [-0.05, 0) is 25.6 Å². The lowest BCUT2D eigenvalue weighted by molar-refractivity contribution is -0.0330. The maximum atomic E-state index is 11.9. The van der Waals surface area contributed by atoms with Crippen LogP contribution in [0.3, 0.4) is 0 Å². The van der Waals surface area contributed by atoms with Crippen LogP contribution in [-0.2, 0) is 0 Å². The molecule has 6 heteroatoms. The molecule has 1 aliphatic heterocycles. The Bertz CT molecular complexity index is 206. The summed E-state index contributed by atoms with van der Waals surface area (Å²) in [6, 6.07) is 0. The number of hydrogen-bond acceptors (Lipinski definition) is 3. The molecule has 0 aromatic heterocycles. The van der Waals surface area contributed by atoms with Gasteiger partial charge in [-0.15, -0.1) is 0 Å². The number of nitrogens with zero attached hydrogens (tertiary/aromatic N) is 1. The first-order valence-corrected chi connectivity index (χ1v) is 5.96. The van der Waals surface area contributed by atoms with E-state index in [9.17, 15) is 13.2 Å². The molecule has 0 radical (unpaired) electrons. The SMILES string of the molecule is CC1(C)CNCCN1CCSC(F)(F)F. The molecule has 1 saturated heterocycles. The summed E-state index contributed by atoms with van der Waals surface area (Å²) in [5, 5.41) is 3.24. The molecule has 90 valence electrons. The number of hydrogen-bond donors (Lipinski definition) is 1. The Balaban J connectivity index is 2.31. The van der Waals surface area contributed by atoms with Gasteiger partial charge in [0.05, 0.1) is 0 Å². The second kappa shape index (κ2) is 4.93. The van der Waals surface area contributed by atoms with Crippen LogP contribution in [0.5, 0.6) is 0 Å². The van der Waals surface area contributed by atoms with Crippen LogP contribution in [0, 0.1) is 0 Å². The van der Waals surface area contributed by atoms with Crippen molar-refractivity contribution in [3.05, 3.63) is 0 Å². The molecule has 15 heavy (non-hydrogen) atoms. The number of piperazine rings is 1. The number of thioether (sulfide) groups is 1. The molecule has 0 aliphatic carbocycles. The molecular formula is C9H17F3N2S. The van der Waals surface area contributed by atoms with Crippen LogP contribution in [0.4, 0.5) is 13.2 Å². The third kappa shape index (κ3) is 4.61. The first kappa shape index (κ1) is 13.1. The van der Waals surface area contributed by atoms with Crippen molar-refractivity contribution in [3.8, 4) is 0 Å². The first-order valence-electron chi connectivity index (χ1n) is 4.98. The van der Waals surface area contributed by atoms with Crippen LogP contribution in [0.1, 0.15) is 13.8 Å². The van der Waals surface area contributed by atoms with Gasteiger partial charge in [0.25, 0.3) is 0 Å². The Morgan fingerprint density at radius 1 is 1.40 bits per heavy atom. The second-order valence-corrected chi connectivity index (χ2v) is 5.43. The lowest BCUT2D eigenvalue weighted by atomic mass is 10.0. The molecule has 1 aliphatic rings. The highest BCUT2D eigenvalue weighted by Crippen LogP contribution is 2.30. The average molecular weight is 242 g/mol. The molecular weight excluding hydrogens is 225 g/mol.